The summed E-state index contributed by atoms with van der Waals surface area (Å²) >= 11 is 0. The largest absolute Gasteiger partial charge is 0.370 e. The minimum Gasteiger partial charge on any atom is -0.370 e. The van der Waals surface area contributed by atoms with Crippen LogP contribution in [0.4, 0.5) is 5.82 Å². The summed E-state index contributed by atoms with van der Waals surface area (Å²) in [7, 11) is 1.83. The first kappa shape index (κ1) is 18.4. The Balaban J connectivity index is 1.39. The van der Waals surface area contributed by atoms with E-state index >= 15 is 0 Å². The molecule has 1 aliphatic rings. The number of nitrogens with one attached hydrogen (secondary N) is 2. The molecule has 1 saturated heterocycles. The fourth-order valence-electron chi connectivity index (χ4n) is 3.71. The second kappa shape index (κ2) is 8.39. The Morgan fingerprint density at radius 3 is 2.68 bits per heavy atom. The van der Waals surface area contributed by atoms with Crippen LogP contribution in [0.25, 0.3) is 16.9 Å². The predicted octanol–water partition coefficient (Wildman–Crippen LogP) is 2.65. The van der Waals surface area contributed by atoms with Gasteiger partial charge < -0.3 is 15.5 Å². The van der Waals surface area contributed by atoms with Gasteiger partial charge in [-0.05, 0) is 51.0 Å². The van der Waals surface area contributed by atoms with Crippen LogP contribution in [0.3, 0.4) is 0 Å². The van der Waals surface area contributed by atoms with Crippen molar-refractivity contribution in [1.29, 1.82) is 0 Å². The Morgan fingerprint density at radius 2 is 1.93 bits per heavy atom. The van der Waals surface area contributed by atoms with Gasteiger partial charge in [-0.25, -0.2) is 9.97 Å². The lowest BCUT2D eigenvalue weighted by molar-refractivity contribution is 0.0952. The average Bonchev–Trinajstić information content (AvgIpc) is 3.40. The number of benzene rings is 1. The van der Waals surface area contributed by atoms with Gasteiger partial charge in [0.05, 0.1) is 11.9 Å². The SMILES string of the molecule is CNc1nccn2c(-c3ccc(C(=O)NCCCN4CCCC4)cc3)cnc12. The summed E-state index contributed by atoms with van der Waals surface area (Å²) in [6.45, 7) is 4.18. The Hall–Kier alpha value is -2.93. The van der Waals surface area contributed by atoms with E-state index in [-0.39, 0.29) is 5.91 Å². The molecule has 0 spiro atoms. The van der Waals surface area contributed by atoms with Gasteiger partial charge in [0.2, 0.25) is 0 Å². The van der Waals surface area contributed by atoms with Gasteiger partial charge in [-0.1, -0.05) is 12.1 Å². The highest BCUT2D eigenvalue weighted by Crippen LogP contribution is 2.23. The zero-order valence-electron chi connectivity index (χ0n) is 16.2. The number of nitrogens with zero attached hydrogens (tertiary/aromatic N) is 4. The molecule has 0 radical (unpaired) electrons. The lowest BCUT2D eigenvalue weighted by atomic mass is 10.1. The molecule has 0 unspecified atom stereocenters. The summed E-state index contributed by atoms with van der Waals surface area (Å²) < 4.78 is 1.99. The number of amides is 1. The molecule has 0 saturated carbocycles. The number of anilines is 1. The molecule has 1 aromatic carbocycles. The number of fused-ring (bicyclic) bond motifs is 1. The Morgan fingerprint density at radius 1 is 1.14 bits per heavy atom. The van der Waals surface area contributed by atoms with Crippen LogP contribution in [0, 0.1) is 0 Å². The number of imidazole rings is 1. The van der Waals surface area contributed by atoms with Crippen molar-refractivity contribution in [1.82, 2.24) is 24.6 Å². The van der Waals surface area contributed by atoms with E-state index in [0.29, 0.717) is 12.1 Å². The number of hydrogen-bond acceptors (Lipinski definition) is 5. The van der Waals surface area contributed by atoms with Crippen molar-refractivity contribution in [3.63, 3.8) is 0 Å². The Bertz CT molecular complexity index is 943. The van der Waals surface area contributed by atoms with Crippen molar-refractivity contribution >= 4 is 17.4 Å². The number of carbonyl (C=O) groups is 1. The molecular weight excluding hydrogens is 352 g/mol. The van der Waals surface area contributed by atoms with Crippen molar-refractivity contribution < 1.29 is 4.79 Å². The van der Waals surface area contributed by atoms with Gasteiger partial charge in [0.25, 0.3) is 5.91 Å². The van der Waals surface area contributed by atoms with E-state index in [1.807, 2.05) is 48.1 Å². The highest BCUT2D eigenvalue weighted by atomic mass is 16.1. The van der Waals surface area contributed by atoms with Crippen molar-refractivity contribution in [3.8, 4) is 11.3 Å². The zero-order chi connectivity index (χ0) is 19.3. The highest BCUT2D eigenvalue weighted by Gasteiger charge is 2.12. The first-order valence-electron chi connectivity index (χ1n) is 9.87. The van der Waals surface area contributed by atoms with Crippen LogP contribution in [0.1, 0.15) is 29.6 Å². The summed E-state index contributed by atoms with van der Waals surface area (Å²) in [4.78, 5) is 23.6. The quantitative estimate of drug-likeness (QED) is 0.618. The molecular formula is C21H26N6O. The molecule has 3 heterocycles. The monoisotopic (exact) mass is 378 g/mol. The Kier molecular flexibility index (Phi) is 5.53. The van der Waals surface area contributed by atoms with Crippen LogP contribution in [0.5, 0.6) is 0 Å². The summed E-state index contributed by atoms with van der Waals surface area (Å²) in [5, 5.41) is 6.07. The van der Waals surface area contributed by atoms with Crippen LogP contribution in [-0.2, 0) is 0 Å². The maximum Gasteiger partial charge on any atom is 0.251 e. The first-order chi connectivity index (χ1) is 13.8. The molecule has 1 amide bonds. The smallest absolute Gasteiger partial charge is 0.251 e. The third-order valence-electron chi connectivity index (χ3n) is 5.24. The van der Waals surface area contributed by atoms with E-state index < -0.39 is 0 Å². The average molecular weight is 378 g/mol. The molecule has 0 atom stereocenters. The summed E-state index contributed by atoms with van der Waals surface area (Å²) in [6.07, 6.45) is 9.06. The standard InChI is InChI=1S/C21H26N6O/c1-22-19-20-25-15-18(27(20)14-10-23-19)16-5-7-17(8-6-16)21(28)24-9-4-13-26-11-2-3-12-26/h5-8,10,14-15H,2-4,9,11-13H2,1H3,(H,22,23)(H,24,28). The number of aromatic nitrogens is 3. The summed E-state index contributed by atoms with van der Waals surface area (Å²) in [5.74, 6) is 0.714. The minimum absolute atomic E-state index is 0.0206. The second-order valence-corrected chi connectivity index (χ2v) is 7.10. The molecule has 28 heavy (non-hydrogen) atoms. The van der Waals surface area contributed by atoms with Crippen LogP contribution >= 0.6 is 0 Å². The number of carbonyl (C=O) groups excluding carboxylic acids is 1. The molecule has 7 nitrogen and oxygen atoms in total. The van der Waals surface area contributed by atoms with Crippen molar-refractivity contribution in [2.45, 2.75) is 19.3 Å². The summed E-state index contributed by atoms with van der Waals surface area (Å²) in [5.41, 5.74) is 3.42. The first-order valence-corrected chi connectivity index (χ1v) is 9.87. The lowest BCUT2D eigenvalue weighted by Gasteiger charge is -2.14. The maximum absolute atomic E-state index is 12.4. The normalized spacial score (nSPS) is 14.5. The number of likely N-dealkylation sites (tertiary alicyclic amines) is 1. The van der Waals surface area contributed by atoms with Gasteiger partial charge in [0.15, 0.2) is 11.5 Å². The molecule has 0 bridgehead atoms. The van der Waals surface area contributed by atoms with Gasteiger partial charge in [-0.3, -0.25) is 9.20 Å². The van der Waals surface area contributed by atoms with Gasteiger partial charge >= 0.3 is 0 Å². The second-order valence-electron chi connectivity index (χ2n) is 7.10. The number of rotatable bonds is 7. The van der Waals surface area contributed by atoms with E-state index in [1.54, 1.807) is 6.20 Å². The van der Waals surface area contributed by atoms with Crippen LogP contribution in [0.15, 0.2) is 42.9 Å². The maximum atomic E-state index is 12.4. The van der Waals surface area contributed by atoms with E-state index in [4.69, 9.17) is 0 Å². The van der Waals surface area contributed by atoms with Crippen LogP contribution < -0.4 is 10.6 Å². The molecule has 3 aromatic rings. The number of hydrogen-bond donors (Lipinski definition) is 2. The van der Waals surface area contributed by atoms with Crippen LogP contribution in [0.2, 0.25) is 0 Å². The molecule has 146 valence electrons. The van der Waals surface area contributed by atoms with Crippen molar-refractivity contribution in [2.24, 2.45) is 0 Å². The third kappa shape index (κ3) is 3.84. The third-order valence-corrected chi connectivity index (χ3v) is 5.24. The van der Waals surface area contributed by atoms with Gasteiger partial charge in [0, 0.05) is 37.1 Å². The topological polar surface area (TPSA) is 74.6 Å². The molecule has 4 rings (SSSR count). The fraction of sp³-hybridized carbons (Fsp3) is 0.381. The summed E-state index contributed by atoms with van der Waals surface area (Å²) in [6, 6.07) is 7.65. The van der Waals surface area contributed by atoms with E-state index in [1.165, 1.54) is 25.9 Å². The van der Waals surface area contributed by atoms with E-state index in [9.17, 15) is 4.79 Å². The molecule has 1 fully saturated rings. The molecule has 7 heteroatoms. The van der Waals surface area contributed by atoms with Crippen molar-refractivity contribution in [3.05, 3.63) is 48.4 Å². The van der Waals surface area contributed by atoms with Gasteiger partial charge in [-0.15, -0.1) is 0 Å². The molecule has 0 aliphatic carbocycles. The van der Waals surface area contributed by atoms with Gasteiger partial charge in [-0.2, -0.15) is 0 Å². The Labute approximate surface area is 164 Å². The van der Waals surface area contributed by atoms with Gasteiger partial charge in [0.1, 0.15) is 0 Å². The predicted molar refractivity (Wildman–Crippen MR) is 111 cm³/mol. The highest BCUT2D eigenvalue weighted by molar-refractivity contribution is 5.94. The van der Waals surface area contributed by atoms with Crippen molar-refractivity contribution in [2.75, 3.05) is 38.5 Å². The minimum atomic E-state index is -0.0206. The fourth-order valence-corrected chi connectivity index (χ4v) is 3.71. The molecule has 2 N–H and O–H groups in total. The van der Waals surface area contributed by atoms with E-state index in [0.717, 1.165) is 35.7 Å². The van der Waals surface area contributed by atoms with E-state index in [2.05, 4.69) is 25.5 Å². The molecule has 1 aliphatic heterocycles. The lowest BCUT2D eigenvalue weighted by Crippen LogP contribution is -2.28. The zero-order valence-corrected chi connectivity index (χ0v) is 16.2. The van der Waals surface area contributed by atoms with Crippen LogP contribution in [-0.4, -0.2) is 58.4 Å². The molecule has 2 aromatic heterocycles.